The third-order valence-corrected chi connectivity index (χ3v) is 7.15. The van der Waals surface area contributed by atoms with E-state index in [0.717, 1.165) is 25.3 Å². The molecule has 1 unspecified atom stereocenters. The molecule has 2 aliphatic heterocycles. The third kappa shape index (κ3) is 3.66. The van der Waals surface area contributed by atoms with Crippen molar-refractivity contribution in [3.05, 3.63) is 53.2 Å². The summed E-state index contributed by atoms with van der Waals surface area (Å²) in [4.78, 5) is 16.2. The Labute approximate surface area is 158 Å². The lowest BCUT2D eigenvalue weighted by molar-refractivity contribution is 0.0740. The van der Waals surface area contributed by atoms with E-state index < -0.39 is 9.84 Å². The lowest BCUT2D eigenvalue weighted by Crippen LogP contribution is -2.38. The summed E-state index contributed by atoms with van der Waals surface area (Å²) >= 11 is 0. The van der Waals surface area contributed by atoms with E-state index in [-0.39, 0.29) is 29.1 Å². The molecule has 27 heavy (non-hydrogen) atoms. The Morgan fingerprint density at radius 2 is 1.93 bits per heavy atom. The van der Waals surface area contributed by atoms with E-state index in [1.807, 2.05) is 12.1 Å². The third-order valence-electron chi connectivity index (χ3n) is 5.40. The highest BCUT2D eigenvalue weighted by Gasteiger charge is 2.33. The van der Waals surface area contributed by atoms with Crippen molar-refractivity contribution in [3.63, 3.8) is 0 Å². The van der Waals surface area contributed by atoms with Crippen LogP contribution in [0.2, 0.25) is 0 Å². The first-order valence-electron chi connectivity index (χ1n) is 9.06. The van der Waals surface area contributed by atoms with Gasteiger partial charge in [0.1, 0.15) is 0 Å². The van der Waals surface area contributed by atoms with Crippen LogP contribution in [0, 0.1) is 0 Å². The largest absolute Gasteiger partial charge is 0.350 e. The molecule has 7 nitrogen and oxygen atoms in total. The molecule has 2 aliphatic rings. The number of sulfone groups is 1. The summed E-state index contributed by atoms with van der Waals surface area (Å²) < 4.78 is 23.3. The Kier molecular flexibility index (Phi) is 4.59. The molecule has 1 saturated heterocycles. The Morgan fingerprint density at radius 1 is 1.15 bits per heavy atom. The fourth-order valence-electron chi connectivity index (χ4n) is 3.73. The number of rotatable bonds is 3. The number of anilines is 1. The SMILES string of the molecule is CN(C(=O)c1ccc(N2CCc3ccccc3C2)nn1)C1CCS(=O)(=O)C1. The molecular formula is C19H22N4O3S. The first-order valence-corrected chi connectivity index (χ1v) is 10.9. The number of hydrogen-bond acceptors (Lipinski definition) is 6. The van der Waals surface area contributed by atoms with Gasteiger partial charge in [0.25, 0.3) is 5.91 Å². The van der Waals surface area contributed by atoms with Crippen LogP contribution in [0.4, 0.5) is 5.82 Å². The summed E-state index contributed by atoms with van der Waals surface area (Å²) in [6.07, 6.45) is 1.43. The zero-order valence-electron chi connectivity index (χ0n) is 15.2. The summed E-state index contributed by atoms with van der Waals surface area (Å²) in [7, 11) is -1.41. The lowest BCUT2D eigenvalue weighted by Gasteiger charge is -2.29. The number of carbonyl (C=O) groups excluding carboxylic acids is 1. The van der Waals surface area contributed by atoms with Gasteiger partial charge in [-0.15, -0.1) is 10.2 Å². The fraction of sp³-hybridized carbons (Fsp3) is 0.421. The van der Waals surface area contributed by atoms with Gasteiger partial charge in [0.05, 0.1) is 11.5 Å². The molecule has 0 saturated carbocycles. The van der Waals surface area contributed by atoms with Crippen molar-refractivity contribution in [1.82, 2.24) is 15.1 Å². The summed E-state index contributed by atoms with van der Waals surface area (Å²) in [6.45, 7) is 1.64. The van der Waals surface area contributed by atoms with Gasteiger partial charge in [-0.05, 0) is 36.1 Å². The molecule has 142 valence electrons. The second kappa shape index (κ2) is 6.92. The minimum absolute atomic E-state index is 0.0218. The number of amides is 1. The zero-order valence-corrected chi connectivity index (χ0v) is 16.0. The van der Waals surface area contributed by atoms with Crippen LogP contribution in [-0.2, 0) is 22.8 Å². The van der Waals surface area contributed by atoms with Crippen LogP contribution in [0.5, 0.6) is 0 Å². The Bertz CT molecular complexity index is 959. The highest BCUT2D eigenvalue weighted by Crippen LogP contribution is 2.23. The molecule has 1 aromatic carbocycles. The molecular weight excluding hydrogens is 364 g/mol. The van der Waals surface area contributed by atoms with Gasteiger partial charge >= 0.3 is 0 Å². The maximum absolute atomic E-state index is 12.6. The first kappa shape index (κ1) is 17.9. The maximum atomic E-state index is 12.6. The van der Waals surface area contributed by atoms with E-state index in [1.54, 1.807) is 13.1 Å². The van der Waals surface area contributed by atoms with Crippen LogP contribution in [0.25, 0.3) is 0 Å². The topological polar surface area (TPSA) is 83.5 Å². The van der Waals surface area contributed by atoms with Crippen LogP contribution < -0.4 is 4.90 Å². The molecule has 1 aromatic heterocycles. The average Bonchev–Trinajstić information content (AvgIpc) is 3.06. The minimum Gasteiger partial charge on any atom is -0.350 e. The molecule has 3 heterocycles. The summed E-state index contributed by atoms with van der Waals surface area (Å²) in [6, 6.07) is 11.6. The van der Waals surface area contributed by atoms with E-state index in [4.69, 9.17) is 0 Å². The number of hydrogen-bond donors (Lipinski definition) is 0. The van der Waals surface area contributed by atoms with Gasteiger partial charge in [0.15, 0.2) is 21.3 Å². The molecule has 1 atom stereocenters. The van der Waals surface area contributed by atoms with Crippen molar-refractivity contribution in [3.8, 4) is 0 Å². The van der Waals surface area contributed by atoms with Crippen molar-refractivity contribution >= 4 is 21.6 Å². The molecule has 0 aliphatic carbocycles. The molecule has 8 heteroatoms. The molecule has 0 spiro atoms. The van der Waals surface area contributed by atoms with Crippen LogP contribution in [-0.4, -0.2) is 60.6 Å². The molecule has 1 fully saturated rings. The summed E-state index contributed by atoms with van der Waals surface area (Å²) in [5.41, 5.74) is 2.89. The molecule has 0 N–H and O–H groups in total. The van der Waals surface area contributed by atoms with Gasteiger partial charge in [-0.25, -0.2) is 8.42 Å². The lowest BCUT2D eigenvalue weighted by atomic mass is 10.00. The monoisotopic (exact) mass is 386 g/mol. The fourth-order valence-corrected chi connectivity index (χ4v) is 5.50. The van der Waals surface area contributed by atoms with Gasteiger partial charge < -0.3 is 9.80 Å². The molecule has 0 bridgehead atoms. The number of benzene rings is 1. The standard InChI is InChI=1S/C19H22N4O3S/c1-22(16-9-11-27(25,26)13-16)19(24)17-6-7-18(21-20-17)23-10-8-14-4-2-3-5-15(14)12-23/h2-7,16H,8-13H2,1H3. The van der Waals surface area contributed by atoms with Gasteiger partial charge in [-0.3, -0.25) is 4.79 Å². The Balaban J connectivity index is 1.45. The van der Waals surface area contributed by atoms with E-state index in [1.165, 1.54) is 16.0 Å². The van der Waals surface area contributed by atoms with Crippen molar-refractivity contribution in [2.45, 2.75) is 25.4 Å². The highest BCUT2D eigenvalue weighted by molar-refractivity contribution is 7.91. The van der Waals surface area contributed by atoms with Crippen molar-refractivity contribution in [1.29, 1.82) is 0 Å². The second-order valence-corrected chi connectivity index (χ2v) is 9.42. The van der Waals surface area contributed by atoms with Crippen molar-refractivity contribution in [2.75, 3.05) is 30.0 Å². The molecule has 0 radical (unpaired) electrons. The van der Waals surface area contributed by atoms with E-state index >= 15 is 0 Å². The number of carbonyl (C=O) groups is 1. The quantitative estimate of drug-likeness (QED) is 0.791. The zero-order chi connectivity index (χ0) is 19.0. The van der Waals surface area contributed by atoms with Gasteiger partial charge in [0, 0.05) is 26.2 Å². The van der Waals surface area contributed by atoms with Crippen LogP contribution >= 0.6 is 0 Å². The summed E-state index contributed by atoms with van der Waals surface area (Å²) in [5.74, 6) is 0.608. The predicted molar refractivity (Wildman–Crippen MR) is 102 cm³/mol. The molecule has 2 aromatic rings. The van der Waals surface area contributed by atoms with Crippen LogP contribution in [0.1, 0.15) is 28.0 Å². The van der Waals surface area contributed by atoms with Gasteiger partial charge in [0.2, 0.25) is 0 Å². The van der Waals surface area contributed by atoms with Gasteiger partial charge in [-0.1, -0.05) is 24.3 Å². The second-order valence-electron chi connectivity index (χ2n) is 7.19. The maximum Gasteiger partial charge on any atom is 0.274 e. The molecule has 1 amide bonds. The molecule has 4 rings (SSSR count). The van der Waals surface area contributed by atoms with Gasteiger partial charge in [-0.2, -0.15) is 0 Å². The van der Waals surface area contributed by atoms with Crippen molar-refractivity contribution in [2.24, 2.45) is 0 Å². The van der Waals surface area contributed by atoms with E-state index in [2.05, 4.69) is 33.3 Å². The highest BCUT2D eigenvalue weighted by atomic mass is 32.2. The number of nitrogens with zero attached hydrogens (tertiary/aromatic N) is 4. The van der Waals surface area contributed by atoms with E-state index in [9.17, 15) is 13.2 Å². The number of aromatic nitrogens is 2. The van der Waals surface area contributed by atoms with E-state index in [0.29, 0.717) is 6.42 Å². The van der Waals surface area contributed by atoms with Crippen LogP contribution in [0.15, 0.2) is 36.4 Å². The average molecular weight is 386 g/mol. The Morgan fingerprint density at radius 3 is 2.59 bits per heavy atom. The normalized spacial score (nSPS) is 20.9. The minimum atomic E-state index is -3.04. The van der Waals surface area contributed by atoms with Crippen molar-refractivity contribution < 1.29 is 13.2 Å². The summed E-state index contributed by atoms with van der Waals surface area (Å²) in [5, 5.41) is 8.35. The number of fused-ring (bicyclic) bond motifs is 1. The first-order chi connectivity index (χ1) is 12.9. The Hall–Kier alpha value is -2.48. The smallest absolute Gasteiger partial charge is 0.274 e. The van der Waals surface area contributed by atoms with Crippen LogP contribution in [0.3, 0.4) is 0 Å². The predicted octanol–water partition coefficient (Wildman–Crippen LogP) is 1.30.